The van der Waals surface area contributed by atoms with Crippen molar-refractivity contribution >= 4 is 12.3 Å². The van der Waals surface area contributed by atoms with Crippen molar-refractivity contribution in [1.82, 2.24) is 4.90 Å². The summed E-state index contributed by atoms with van der Waals surface area (Å²) in [7, 11) is 0. The van der Waals surface area contributed by atoms with Crippen LogP contribution >= 0.6 is 0 Å². The van der Waals surface area contributed by atoms with Crippen molar-refractivity contribution in [2.75, 3.05) is 13.1 Å². The highest BCUT2D eigenvalue weighted by Gasteiger charge is 2.25. The van der Waals surface area contributed by atoms with Crippen LogP contribution in [0.1, 0.15) is 53.9 Å². The van der Waals surface area contributed by atoms with E-state index in [1.807, 2.05) is 33.9 Å². The number of ether oxygens (including phenoxy) is 1. The van der Waals surface area contributed by atoms with Crippen molar-refractivity contribution in [3.63, 3.8) is 0 Å². The molecule has 0 aromatic heterocycles. The second-order valence-electron chi connectivity index (χ2n) is 5.98. The van der Waals surface area contributed by atoms with Gasteiger partial charge in [0.25, 0.3) is 0 Å². The minimum Gasteiger partial charge on any atom is -0.444 e. The molecule has 0 atom stereocenters. The second kappa shape index (κ2) is 6.73. The van der Waals surface area contributed by atoms with Crippen LogP contribution in [0.5, 0.6) is 0 Å². The molecule has 0 bridgehead atoms. The van der Waals surface area contributed by atoms with Crippen LogP contribution in [0.3, 0.4) is 0 Å². The summed E-state index contributed by atoms with van der Waals surface area (Å²) < 4.78 is 5.39. The summed E-state index contributed by atoms with van der Waals surface area (Å²) in [5.74, 6) is 0. The lowest BCUT2D eigenvalue weighted by molar-refractivity contribution is 0.0259. The minimum absolute atomic E-state index is 0.233. The summed E-state index contributed by atoms with van der Waals surface area (Å²) in [6.07, 6.45) is 4.67. The van der Waals surface area contributed by atoms with Crippen molar-refractivity contribution in [3.05, 3.63) is 11.3 Å². The Labute approximate surface area is 116 Å². The number of unbranched alkanes of at least 4 members (excludes halogenated alkanes) is 1. The molecular formula is C15H26N2O2. The van der Waals surface area contributed by atoms with Crippen LogP contribution in [0.2, 0.25) is 0 Å². The van der Waals surface area contributed by atoms with Crippen molar-refractivity contribution in [2.45, 2.75) is 59.5 Å². The molecule has 1 rings (SSSR count). The van der Waals surface area contributed by atoms with E-state index < -0.39 is 5.60 Å². The van der Waals surface area contributed by atoms with Crippen LogP contribution in [0.15, 0.2) is 16.3 Å². The Kier molecular flexibility index (Phi) is 5.58. The summed E-state index contributed by atoms with van der Waals surface area (Å²) in [4.78, 5) is 18.2. The van der Waals surface area contributed by atoms with Crippen LogP contribution in [0, 0.1) is 0 Å². The fraction of sp³-hybridized carbons (Fsp3) is 0.733. The lowest BCUT2D eigenvalue weighted by Gasteiger charge is -2.30. The van der Waals surface area contributed by atoms with Crippen LogP contribution < -0.4 is 0 Å². The van der Waals surface area contributed by atoms with Crippen LogP contribution in [0.25, 0.3) is 0 Å². The lowest BCUT2D eigenvalue weighted by atomic mass is 10.1. The predicted octanol–water partition coefficient (Wildman–Crippen LogP) is 3.77. The van der Waals surface area contributed by atoms with E-state index in [1.165, 1.54) is 0 Å². The number of carbonyl (C=O) groups is 1. The number of carbonyl (C=O) groups excluding carboxylic acids is 1. The van der Waals surface area contributed by atoms with Crippen molar-refractivity contribution in [2.24, 2.45) is 4.99 Å². The molecule has 0 aromatic carbocycles. The zero-order valence-electron chi connectivity index (χ0n) is 12.8. The Morgan fingerprint density at radius 1 is 1.47 bits per heavy atom. The van der Waals surface area contributed by atoms with Crippen LogP contribution in [0.4, 0.5) is 4.79 Å². The molecule has 0 spiro atoms. The maximum Gasteiger partial charge on any atom is 0.410 e. The number of nitrogens with zero attached hydrogens (tertiary/aromatic N) is 2. The summed E-state index contributed by atoms with van der Waals surface area (Å²) in [5, 5.41) is 0. The molecule has 1 heterocycles. The SMILES string of the molecule is CCCC=NC1=C(C)CN(C(=O)OC(C)(C)C)CC1. The van der Waals surface area contributed by atoms with E-state index in [4.69, 9.17) is 4.74 Å². The molecule has 108 valence electrons. The minimum atomic E-state index is -0.436. The summed E-state index contributed by atoms with van der Waals surface area (Å²) in [6, 6.07) is 0. The molecule has 1 aliphatic rings. The van der Waals surface area contributed by atoms with Gasteiger partial charge in [-0.05, 0) is 39.7 Å². The summed E-state index contributed by atoms with van der Waals surface area (Å²) in [5.41, 5.74) is 1.84. The van der Waals surface area contributed by atoms with Gasteiger partial charge in [0, 0.05) is 31.4 Å². The Morgan fingerprint density at radius 2 is 2.16 bits per heavy atom. The van der Waals surface area contributed by atoms with Gasteiger partial charge >= 0.3 is 6.09 Å². The molecule has 0 aliphatic carbocycles. The summed E-state index contributed by atoms with van der Waals surface area (Å²) >= 11 is 0. The maximum absolute atomic E-state index is 12.0. The van der Waals surface area contributed by atoms with Gasteiger partial charge in [0.15, 0.2) is 0 Å². The van der Waals surface area contributed by atoms with Gasteiger partial charge in [-0.2, -0.15) is 0 Å². The second-order valence-corrected chi connectivity index (χ2v) is 5.98. The topological polar surface area (TPSA) is 41.9 Å². The van der Waals surface area contributed by atoms with Gasteiger partial charge in [0.05, 0.1) is 0 Å². The third kappa shape index (κ3) is 5.45. The normalized spacial score (nSPS) is 17.2. The Hall–Kier alpha value is -1.32. The number of rotatable bonds is 3. The molecule has 0 unspecified atom stereocenters. The Balaban J connectivity index is 2.60. The Morgan fingerprint density at radius 3 is 2.68 bits per heavy atom. The third-order valence-corrected chi connectivity index (χ3v) is 2.86. The van der Waals surface area contributed by atoms with Gasteiger partial charge in [-0.25, -0.2) is 4.79 Å². The average Bonchev–Trinajstić information content (AvgIpc) is 2.29. The largest absolute Gasteiger partial charge is 0.444 e. The monoisotopic (exact) mass is 266 g/mol. The quantitative estimate of drug-likeness (QED) is 0.730. The maximum atomic E-state index is 12.0. The standard InChI is InChI=1S/C15H26N2O2/c1-6-7-9-16-13-8-10-17(11-12(13)2)14(18)19-15(3,4)5/h9H,6-8,10-11H2,1-5H3. The first kappa shape index (κ1) is 15.7. The number of hydrogen-bond acceptors (Lipinski definition) is 3. The molecule has 4 heteroatoms. The van der Waals surface area contributed by atoms with Gasteiger partial charge in [-0.1, -0.05) is 13.3 Å². The van der Waals surface area contributed by atoms with Crippen LogP contribution in [-0.4, -0.2) is 35.9 Å². The fourth-order valence-electron chi connectivity index (χ4n) is 1.87. The molecule has 0 radical (unpaired) electrons. The van der Waals surface area contributed by atoms with Crippen molar-refractivity contribution < 1.29 is 9.53 Å². The lowest BCUT2D eigenvalue weighted by Crippen LogP contribution is -2.40. The highest BCUT2D eigenvalue weighted by molar-refractivity contribution is 5.69. The highest BCUT2D eigenvalue weighted by Crippen LogP contribution is 2.20. The van der Waals surface area contributed by atoms with Gasteiger partial charge in [-0.3, -0.25) is 4.99 Å². The smallest absolute Gasteiger partial charge is 0.410 e. The number of aliphatic imine (C=N–C) groups is 1. The zero-order valence-corrected chi connectivity index (χ0v) is 12.8. The van der Waals surface area contributed by atoms with Gasteiger partial charge in [-0.15, -0.1) is 0 Å². The van der Waals surface area contributed by atoms with E-state index >= 15 is 0 Å². The molecule has 1 amide bonds. The summed E-state index contributed by atoms with van der Waals surface area (Å²) in [6.45, 7) is 11.1. The molecule has 0 fully saturated rings. The number of hydrogen-bond donors (Lipinski definition) is 0. The van der Waals surface area contributed by atoms with Crippen LogP contribution in [-0.2, 0) is 4.74 Å². The van der Waals surface area contributed by atoms with E-state index in [9.17, 15) is 4.79 Å². The molecule has 0 saturated heterocycles. The first-order chi connectivity index (χ1) is 8.83. The van der Waals surface area contributed by atoms with E-state index in [0.29, 0.717) is 13.1 Å². The van der Waals surface area contributed by atoms with E-state index in [2.05, 4.69) is 11.9 Å². The fourth-order valence-corrected chi connectivity index (χ4v) is 1.87. The molecule has 0 N–H and O–H groups in total. The molecule has 4 nitrogen and oxygen atoms in total. The van der Waals surface area contributed by atoms with Crippen molar-refractivity contribution in [3.8, 4) is 0 Å². The first-order valence-electron chi connectivity index (χ1n) is 7.02. The van der Waals surface area contributed by atoms with E-state index in [-0.39, 0.29) is 6.09 Å². The molecular weight excluding hydrogens is 240 g/mol. The molecule has 0 saturated carbocycles. The third-order valence-electron chi connectivity index (χ3n) is 2.86. The molecule has 0 aromatic rings. The highest BCUT2D eigenvalue weighted by atomic mass is 16.6. The first-order valence-corrected chi connectivity index (χ1v) is 7.02. The van der Waals surface area contributed by atoms with E-state index in [1.54, 1.807) is 4.90 Å². The van der Waals surface area contributed by atoms with Gasteiger partial charge in [0.1, 0.15) is 5.60 Å². The van der Waals surface area contributed by atoms with E-state index in [0.717, 1.165) is 30.5 Å². The zero-order chi connectivity index (χ0) is 14.5. The van der Waals surface area contributed by atoms with Crippen molar-refractivity contribution in [1.29, 1.82) is 0 Å². The number of amides is 1. The predicted molar refractivity (Wildman–Crippen MR) is 78.5 cm³/mol. The Bertz CT molecular complexity index is 378. The molecule has 1 aliphatic heterocycles. The van der Waals surface area contributed by atoms with Gasteiger partial charge in [0.2, 0.25) is 0 Å². The average molecular weight is 266 g/mol. The van der Waals surface area contributed by atoms with Gasteiger partial charge < -0.3 is 9.64 Å². The molecule has 19 heavy (non-hydrogen) atoms.